The highest BCUT2D eigenvalue weighted by Gasteiger charge is 2.44. The van der Waals surface area contributed by atoms with Gasteiger partial charge < -0.3 is 4.52 Å². The first-order valence-electron chi connectivity index (χ1n) is 4.76. The first-order valence-corrected chi connectivity index (χ1v) is 4.76. The normalized spacial score (nSPS) is 19.8. The van der Waals surface area contributed by atoms with Gasteiger partial charge in [-0.05, 0) is 25.7 Å². The van der Waals surface area contributed by atoms with Gasteiger partial charge in [-0.1, -0.05) is 12.1 Å². The van der Waals surface area contributed by atoms with Crippen LogP contribution in [0, 0.1) is 0 Å². The largest absolute Gasteiger partial charge is 0.336 e. The second-order valence-corrected chi connectivity index (χ2v) is 3.58. The van der Waals surface area contributed by atoms with Gasteiger partial charge >= 0.3 is 0 Å². The predicted octanol–water partition coefficient (Wildman–Crippen LogP) is 2.37. The molecular formula is C9H13FN2O. The van der Waals surface area contributed by atoms with Crippen LogP contribution in [0.4, 0.5) is 4.39 Å². The topological polar surface area (TPSA) is 38.9 Å². The Kier molecular flexibility index (Phi) is 2.06. The summed E-state index contributed by atoms with van der Waals surface area (Å²) in [4.78, 5) is 4.04. The van der Waals surface area contributed by atoms with Gasteiger partial charge in [-0.25, -0.2) is 4.39 Å². The third kappa shape index (κ3) is 1.45. The highest BCUT2D eigenvalue weighted by molar-refractivity contribution is 5.04. The number of alkyl halides is 1. The number of rotatable bonds is 3. The lowest BCUT2D eigenvalue weighted by Crippen LogP contribution is -2.29. The van der Waals surface area contributed by atoms with Crippen molar-refractivity contribution in [2.24, 2.45) is 0 Å². The smallest absolute Gasteiger partial charge is 0.264 e. The standard InChI is InChI=1S/C9H13FN2O/c1-2-4-7-11-8(13-12-7)9(10)5-3-6-9/h2-6H2,1H3. The zero-order valence-corrected chi connectivity index (χ0v) is 7.72. The minimum Gasteiger partial charge on any atom is -0.336 e. The highest BCUT2D eigenvalue weighted by atomic mass is 19.1. The van der Waals surface area contributed by atoms with Crippen molar-refractivity contribution in [1.82, 2.24) is 10.1 Å². The molecule has 0 spiro atoms. The van der Waals surface area contributed by atoms with Gasteiger partial charge in [0.2, 0.25) is 0 Å². The molecule has 1 aromatic heterocycles. The molecule has 1 heterocycles. The van der Waals surface area contributed by atoms with E-state index >= 15 is 0 Å². The van der Waals surface area contributed by atoms with Crippen molar-refractivity contribution in [3.05, 3.63) is 11.7 Å². The van der Waals surface area contributed by atoms with Gasteiger partial charge in [0, 0.05) is 6.42 Å². The van der Waals surface area contributed by atoms with Crippen molar-refractivity contribution >= 4 is 0 Å². The molecule has 13 heavy (non-hydrogen) atoms. The molecule has 0 aromatic carbocycles. The average molecular weight is 184 g/mol. The summed E-state index contributed by atoms with van der Waals surface area (Å²) in [6, 6.07) is 0. The molecule has 72 valence electrons. The number of aromatic nitrogens is 2. The average Bonchev–Trinajstić information content (AvgIpc) is 2.50. The molecule has 1 fully saturated rings. The SMILES string of the molecule is CCCc1noc(C2(F)CCC2)n1. The fourth-order valence-corrected chi connectivity index (χ4v) is 1.46. The number of halogens is 1. The molecule has 0 amide bonds. The molecule has 1 aliphatic rings. The third-order valence-electron chi connectivity index (χ3n) is 2.47. The van der Waals surface area contributed by atoms with Crippen molar-refractivity contribution in [3.63, 3.8) is 0 Å². The van der Waals surface area contributed by atoms with Gasteiger partial charge in [-0.3, -0.25) is 0 Å². The van der Waals surface area contributed by atoms with Gasteiger partial charge in [0.05, 0.1) is 0 Å². The summed E-state index contributed by atoms with van der Waals surface area (Å²) < 4.78 is 18.6. The first-order chi connectivity index (χ1) is 6.24. The molecule has 1 aliphatic carbocycles. The van der Waals surface area contributed by atoms with E-state index in [9.17, 15) is 4.39 Å². The maximum atomic E-state index is 13.7. The van der Waals surface area contributed by atoms with E-state index in [1.54, 1.807) is 0 Å². The molecule has 0 saturated heterocycles. The van der Waals surface area contributed by atoms with Crippen molar-refractivity contribution in [2.75, 3.05) is 0 Å². The Morgan fingerprint density at radius 2 is 2.31 bits per heavy atom. The molecule has 1 saturated carbocycles. The van der Waals surface area contributed by atoms with Crippen LogP contribution in [0.3, 0.4) is 0 Å². The minimum atomic E-state index is -1.31. The quantitative estimate of drug-likeness (QED) is 0.723. The first kappa shape index (κ1) is 8.66. The molecule has 0 N–H and O–H groups in total. The summed E-state index contributed by atoms with van der Waals surface area (Å²) in [7, 11) is 0. The van der Waals surface area contributed by atoms with Gasteiger partial charge in [0.1, 0.15) is 0 Å². The Morgan fingerprint density at radius 1 is 1.54 bits per heavy atom. The lowest BCUT2D eigenvalue weighted by atomic mass is 9.82. The Balaban J connectivity index is 2.12. The van der Waals surface area contributed by atoms with Crippen LogP contribution in [0.15, 0.2) is 4.52 Å². The number of hydrogen-bond donors (Lipinski definition) is 0. The highest BCUT2D eigenvalue weighted by Crippen LogP contribution is 2.43. The van der Waals surface area contributed by atoms with E-state index in [2.05, 4.69) is 10.1 Å². The second kappa shape index (κ2) is 3.09. The van der Waals surface area contributed by atoms with Crippen molar-refractivity contribution in [1.29, 1.82) is 0 Å². The van der Waals surface area contributed by atoms with Gasteiger partial charge in [-0.2, -0.15) is 4.98 Å². The molecular weight excluding hydrogens is 171 g/mol. The summed E-state index contributed by atoms with van der Waals surface area (Å²) in [5.41, 5.74) is -1.31. The Bertz CT molecular complexity index is 294. The van der Waals surface area contributed by atoms with Crippen molar-refractivity contribution < 1.29 is 8.91 Å². The van der Waals surface area contributed by atoms with E-state index in [-0.39, 0.29) is 5.89 Å². The van der Waals surface area contributed by atoms with E-state index in [4.69, 9.17) is 4.52 Å². The van der Waals surface area contributed by atoms with E-state index in [1.807, 2.05) is 6.92 Å². The van der Waals surface area contributed by atoms with Crippen LogP contribution in [0.2, 0.25) is 0 Å². The lowest BCUT2D eigenvalue weighted by Gasteiger charge is -2.29. The molecule has 0 radical (unpaired) electrons. The monoisotopic (exact) mass is 184 g/mol. The summed E-state index contributed by atoms with van der Waals surface area (Å²) in [6.07, 6.45) is 3.70. The van der Waals surface area contributed by atoms with Gasteiger partial charge in [0.15, 0.2) is 11.5 Å². The Labute approximate surface area is 76.3 Å². The maximum absolute atomic E-state index is 13.7. The summed E-state index contributed by atoms with van der Waals surface area (Å²) in [5, 5.41) is 3.73. The molecule has 0 aliphatic heterocycles. The predicted molar refractivity (Wildman–Crippen MR) is 44.9 cm³/mol. The number of hydrogen-bond acceptors (Lipinski definition) is 3. The summed E-state index contributed by atoms with van der Waals surface area (Å²) in [6.45, 7) is 2.03. The van der Waals surface area contributed by atoms with Crippen LogP contribution in [0.5, 0.6) is 0 Å². The fourth-order valence-electron chi connectivity index (χ4n) is 1.46. The van der Waals surface area contributed by atoms with Crippen LogP contribution in [-0.4, -0.2) is 10.1 Å². The van der Waals surface area contributed by atoms with Crippen LogP contribution in [0.25, 0.3) is 0 Å². The van der Waals surface area contributed by atoms with Crippen molar-refractivity contribution in [3.8, 4) is 0 Å². The lowest BCUT2D eigenvalue weighted by molar-refractivity contribution is 0.0242. The Morgan fingerprint density at radius 3 is 2.85 bits per heavy atom. The molecule has 3 nitrogen and oxygen atoms in total. The zero-order chi connectivity index (χ0) is 9.31. The molecule has 4 heteroatoms. The van der Waals surface area contributed by atoms with Crippen LogP contribution >= 0.6 is 0 Å². The van der Waals surface area contributed by atoms with Gasteiger partial charge in [0.25, 0.3) is 5.89 Å². The molecule has 0 unspecified atom stereocenters. The Hall–Kier alpha value is -0.930. The summed E-state index contributed by atoms with van der Waals surface area (Å²) >= 11 is 0. The van der Waals surface area contributed by atoms with Crippen LogP contribution in [0.1, 0.15) is 44.3 Å². The molecule has 0 bridgehead atoms. The number of aryl methyl sites for hydroxylation is 1. The maximum Gasteiger partial charge on any atom is 0.264 e. The van der Waals surface area contributed by atoms with E-state index in [0.717, 1.165) is 19.3 Å². The molecule has 2 rings (SSSR count). The van der Waals surface area contributed by atoms with E-state index in [1.165, 1.54) is 0 Å². The third-order valence-corrected chi connectivity index (χ3v) is 2.47. The number of nitrogens with zero attached hydrogens (tertiary/aromatic N) is 2. The van der Waals surface area contributed by atoms with Crippen LogP contribution in [-0.2, 0) is 12.1 Å². The van der Waals surface area contributed by atoms with Crippen molar-refractivity contribution in [2.45, 2.75) is 44.7 Å². The van der Waals surface area contributed by atoms with E-state index < -0.39 is 5.67 Å². The fraction of sp³-hybridized carbons (Fsp3) is 0.778. The molecule has 0 atom stereocenters. The zero-order valence-electron chi connectivity index (χ0n) is 7.72. The van der Waals surface area contributed by atoms with Crippen LogP contribution < -0.4 is 0 Å². The van der Waals surface area contributed by atoms with E-state index in [0.29, 0.717) is 18.7 Å². The minimum absolute atomic E-state index is 0.183. The summed E-state index contributed by atoms with van der Waals surface area (Å²) in [5.74, 6) is 0.809. The molecule has 1 aromatic rings. The second-order valence-electron chi connectivity index (χ2n) is 3.58. The van der Waals surface area contributed by atoms with Gasteiger partial charge in [-0.15, -0.1) is 0 Å².